The fourth-order valence-corrected chi connectivity index (χ4v) is 1.62. The first kappa shape index (κ1) is 13.8. The van der Waals surface area contributed by atoms with Gasteiger partial charge >= 0.3 is 5.69 Å². The van der Waals surface area contributed by atoms with E-state index in [1.165, 1.54) is 6.07 Å². The maximum absolute atomic E-state index is 10.9. The number of hydrogen-bond donors (Lipinski definition) is 2. The molecule has 0 saturated carbocycles. The summed E-state index contributed by atoms with van der Waals surface area (Å²) in [7, 11) is 1.69. The molecule has 0 aromatic carbocycles. The highest BCUT2D eigenvalue weighted by Gasteiger charge is 2.16. The van der Waals surface area contributed by atoms with Crippen LogP contribution in [0.4, 0.5) is 17.3 Å². The summed E-state index contributed by atoms with van der Waals surface area (Å²) in [5.74, 6) is 1.96. The largest absolute Gasteiger partial charge is 0.444 e. The second-order valence-corrected chi connectivity index (χ2v) is 4.00. The van der Waals surface area contributed by atoms with Crippen molar-refractivity contribution in [1.82, 2.24) is 9.97 Å². The zero-order valence-corrected chi connectivity index (χ0v) is 11.2. The molecule has 0 saturated heterocycles. The van der Waals surface area contributed by atoms with Crippen LogP contribution in [-0.2, 0) is 13.0 Å². The van der Waals surface area contributed by atoms with E-state index in [-0.39, 0.29) is 18.1 Å². The van der Waals surface area contributed by atoms with Crippen molar-refractivity contribution in [2.45, 2.75) is 19.9 Å². The zero-order valence-electron chi connectivity index (χ0n) is 11.2. The first-order valence-electron chi connectivity index (χ1n) is 6.14. The molecule has 2 N–H and O–H groups in total. The number of nitrogens with one attached hydrogen (secondary N) is 2. The van der Waals surface area contributed by atoms with Crippen LogP contribution < -0.4 is 10.6 Å². The highest BCUT2D eigenvalue weighted by molar-refractivity contribution is 5.60. The molecule has 0 aliphatic heterocycles. The maximum atomic E-state index is 10.9. The molecule has 0 radical (unpaired) electrons. The third-order valence-electron chi connectivity index (χ3n) is 2.68. The number of aromatic nitrogens is 2. The smallest absolute Gasteiger partial charge is 0.311 e. The first-order chi connectivity index (χ1) is 9.63. The number of nitrogens with zero attached hydrogens (tertiary/aromatic N) is 3. The summed E-state index contributed by atoms with van der Waals surface area (Å²) in [5, 5.41) is 16.7. The Kier molecular flexibility index (Phi) is 4.14. The van der Waals surface area contributed by atoms with Gasteiger partial charge in [-0.1, -0.05) is 6.92 Å². The minimum Gasteiger partial charge on any atom is -0.444 e. The van der Waals surface area contributed by atoms with Gasteiger partial charge in [0.1, 0.15) is 11.6 Å². The van der Waals surface area contributed by atoms with Gasteiger partial charge in [0.15, 0.2) is 0 Å². The van der Waals surface area contributed by atoms with Crippen LogP contribution in [0.5, 0.6) is 0 Å². The summed E-state index contributed by atoms with van der Waals surface area (Å²) >= 11 is 0. The summed E-state index contributed by atoms with van der Waals surface area (Å²) < 4.78 is 5.42. The van der Waals surface area contributed by atoms with E-state index in [1.807, 2.05) is 6.92 Å². The Labute approximate surface area is 115 Å². The molecule has 0 amide bonds. The van der Waals surface area contributed by atoms with E-state index in [2.05, 4.69) is 20.6 Å². The monoisotopic (exact) mass is 277 g/mol. The number of nitro groups is 1. The van der Waals surface area contributed by atoms with Crippen molar-refractivity contribution in [3.63, 3.8) is 0 Å². The van der Waals surface area contributed by atoms with Crippen LogP contribution >= 0.6 is 0 Å². The zero-order chi connectivity index (χ0) is 14.5. The van der Waals surface area contributed by atoms with Gasteiger partial charge in [-0.25, -0.2) is 9.97 Å². The van der Waals surface area contributed by atoms with Crippen molar-refractivity contribution in [3.8, 4) is 0 Å². The lowest BCUT2D eigenvalue weighted by atomic mass is 10.3. The molecule has 2 rings (SSSR count). The van der Waals surface area contributed by atoms with Gasteiger partial charge in [0.2, 0.25) is 11.7 Å². The number of anilines is 2. The van der Waals surface area contributed by atoms with Gasteiger partial charge in [-0.3, -0.25) is 10.1 Å². The van der Waals surface area contributed by atoms with Gasteiger partial charge in [0, 0.05) is 19.5 Å². The summed E-state index contributed by atoms with van der Waals surface area (Å²) in [6.07, 6.45) is 2.39. The molecule has 2 aromatic rings. The van der Waals surface area contributed by atoms with Crippen molar-refractivity contribution < 1.29 is 9.34 Å². The number of pyridine rings is 1. The Morgan fingerprint density at radius 3 is 2.85 bits per heavy atom. The third kappa shape index (κ3) is 3.02. The van der Waals surface area contributed by atoms with Crippen LogP contribution in [0, 0.1) is 10.1 Å². The fraction of sp³-hybridized carbons (Fsp3) is 0.333. The van der Waals surface area contributed by atoms with Gasteiger partial charge in [-0.15, -0.1) is 0 Å². The summed E-state index contributed by atoms with van der Waals surface area (Å²) in [4.78, 5) is 18.7. The van der Waals surface area contributed by atoms with Gasteiger partial charge in [0.25, 0.3) is 0 Å². The molecule has 0 aliphatic carbocycles. The number of aryl methyl sites for hydroxylation is 1. The summed E-state index contributed by atoms with van der Waals surface area (Å²) in [5.41, 5.74) is -0.0914. The number of hydrogen-bond acceptors (Lipinski definition) is 7. The SMILES string of the molecule is CCc1cnc(CNc2nc(NC)ccc2[N+](=O)[O-])o1. The van der Waals surface area contributed by atoms with Crippen LogP contribution in [0.3, 0.4) is 0 Å². The van der Waals surface area contributed by atoms with E-state index in [0.29, 0.717) is 11.7 Å². The molecule has 20 heavy (non-hydrogen) atoms. The van der Waals surface area contributed by atoms with Crippen LogP contribution in [0.2, 0.25) is 0 Å². The minimum absolute atomic E-state index is 0.0914. The maximum Gasteiger partial charge on any atom is 0.311 e. The third-order valence-corrected chi connectivity index (χ3v) is 2.68. The predicted octanol–water partition coefficient (Wildman–Crippen LogP) is 2.19. The predicted molar refractivity (Wildman–Crippen MR) is 73.6 cm³/mol. The molecule has 0 fully saturated rings. The topological polar surface area (TPSA) is 106 Å². The molecule has 0 unspecified atom stereocenters. The minimum atomic E-state index is -0.484. The molecule has 2 heterocycles. The molecule has 0 atom stereocenters. The van der Waals surface area contributed by atoms with E-state index >= 15 is 0 Å². The van der Waals surface area contributed by atoms with E-state index < -0.39 is 4.92 Å². The highest BCUT2D eigenvalue weighted by atomic mass is 16.6. The molecular weight excluding hydrogens is 262 g/mol. The Morgan fingerprint density at radius 2 is 2.25 bits per heavy atom. The van der Waals surface area contributed by atoms with Gasteiger partial charge in [-0.2, -0.15) is 0 Å². The second kappa shape index (κ2) is 6.00. The highest BCUT2D eigenvalue weighted by Crippen LogP contribution is 2.24. The van der Waals surface area contributed by atoms with Crippen molar-refractivity contribution >= 4 is 17.3 Å². The van der Waals surface area contributed by atoms with Crippen molar-refractivity contribution in [1.29, 1.82) is 0 Å². The van der Waals surface area contributed by atoms with Crippen molar-refractivity contribution in [2.75, 3.05) is 17.7 Å². The van der Waals surface area contributed by atoms with E-state index in [9.17, 15) is 10.1 Å². The molecule has 2 aromatic heterocycles. The Morgan fingerprint density at radius 1 is 1.45 bits per heavy atom. The van der Waals surface area contributed by atoms with E-state index in [1.54, 1.807) is 19.3 Å². The van der Waals surface area contributed by atoms with Gasteiger partial charge in [-0.05, 0) is 6.07 Å². The van der Waals surface area contributed by atoms with Gasteiger partial charge in [0.05, 0.1) is 17.7 Å². The lowest BCUT2D eigenvalue weighted by Crippen LogP contribution is -2.06. The quantitative estimate of drug-likeness (QED) is 0.615. The van der Waals surface area contributed by atoms with Crippen LogP contribution in [0.15, 0.2) is 22.7 Å². The van der Waals surface area contributed by atoms with Crippen molar-refractivity contribution in [2.24, 2.45) is 0 Å². The number of oxazole rings is 1. The molecule has 0 aliphatic rings. The molecule has 8 heteroatoms. The Hall–Kier alpha value is -2.64. The van der Waals surface area contributed by atoms with E-state index in [4.69, 9.17) is 4.42 Å². The molecule has 106 valence electrons. The fourth-order valence-electron chi connectivity index (χ4n) is 1.62. The first-order valence-corrected chi connectivity index (χ1v) is 6.14. The average molecular weight is 277 g/mol. The molecule has 0 spiro atoms. The van der Waals surface area contributed by atoms with Crippen LogP contribution in [-0.4, -0.2) is 21.9 Å². The second-order valence-electron chi connectivity index (χ2n) is 4.00. The standard InChI is InChI=1S/C12H15N5O3/c1-3-8-6-14-11(20-8)7-15-12-9(17(18)19)4-5-10(13-2)16-12/h4-6H,3,7H2,1-2H3,(H2,13,15,16). The Bertz CT molecular complexity index is 611. The lowest BCUT2D eigenvalue weighted by Gasteiger charge is -2.06. The van der Waals surface area contributed by atoms with Crippen molar-refractivity contribution in [3.05, 3.63) is 40.1 Å². The molecule has 0 bridgehead atoms. The van der Waals surface area contributed by atoms with E-state index in [0.717, 1.165) is 12.2 Å². The van der Waals surface area contributed by atoms with Gasteiger partial charge < -0.3 is 15.1 Å². The Balaban J connectivity index is 2.16. The molecule has 8 nitrogen and oxygen atoms in total. The molecular formula is C12H15N5O3. The summed E-state index contributed by atoms with van der Waals surface area (Å²) in [6, 6.07) is 2.94. The average Bonchev–Trinajstić information content (AvgIpc) is 2.92. The lowest BCUT2D eigenvalue weighted by molar-refractivity contribution is -0.384. The van der Waals surface area contributed by atoms with Crippen LogP contribution in [0.1, 0.15) is 18.6 Å². The summed E-state index contributed by atoms with van der Waals surface area (Å²) in [6.45, 7) is 2.20. The number of rotatable bonds is 6. The normalized spacial score (nSPS) is 10.3. The van der Waals surface area contributed by atoms with Crippen LogP contribution in [0.25, 0.3) is 0 Å².